The van der Waals surface area contributed by atoms with E-state index in [2.05, 4.69) is 13.8 Å². The lowest BCUT2D eigenvalue weighted by atomic mass is 9.44. The normalized spacial score (nSPS) is 49.1. The number of hydrogen-bond acceptors (Lipinski definition) is 7. The van der Waals surface area contributed by atoms with Gasteiger partial charge in [-0.3, -0.25) is 4.79 Å². The van der Waals surface area contributed by atoms with Gasteiger partial charge in [0, 0.05) is 17.3 Å². The third kappa shape index (κ3) is 3.34. The van der Waals surface area contributed by atoms with Gasteiger partial charge >= 0.3 is 0 Å². The van der Waals surface area contributed by atoms with E-state index in [1.807, 2.05) is 6.92 Å². The number of carbonyl (C=O) groups excluding carboxylic acids is 1. The number of carbonyl (C=O) groups is 1. The molecule has 6 N–H and O–H groups in total. The second-order valence-corrected chi connectivity index (χ2v) is 13.0. The predicted octanol–water partition coefficient (Wildman–Crippen LogP) is 1.85. The first kappa shape index (κ1) is 26.2. The van der Waals surface area contributed by atoms with Crippen molar-refractivity contribution >= 4 is 5.78 Å². The van der Waals surface area contributed by atoms with Crippen molar-refractivity contribution in [3.8, 4) is 0 Å². The van der Waals surface area contributed by atoms with Crippen molar-refractivity contribution in [2.45, 2.75) is 121 Å². The van der Waals surface area contributed by atoms with Gasteiger partial charge in [0.15, 0.2) is 5.78 Å². The molecule has 4 rings (SSSR count). The Morgan fingerprint density at radius 3 is 2.24 bits per heavy atom. The lowest BCUT2D eigenvalue weighted by Gasteiger charge is -2.62. The molecule has 7 heteroatoms. The molecule has 10 atom stereocenters. The zero-order chi connectivity index (χ0) is 25.5. The van der Waals surface area contributed by atoms with E-state index in [1.54, 1.807) is 13.8 Å². The molecule has 0 saturated heterocycles. The van der Waals surface area contributed by atoms with Crippen LogP contribution in [0.25, 0.3) is 0 Å². The quantitative estimate of drug-likeness (QED) is 0.353. The lowest BCUT2D eigenvalue weighted by Crippen LogP contribution is -2.69. The second kappa shape index (κ2) is 8.09. The first-order chi connectivity index (χ1) is 15.5. The highest BCUT2D eigenvalue weighted by atomic mass is 16.3. The van der Waals surface area contributed by atoms with E-state index in [4.69, 9.17) is 0 Å². The van der Waals surface area contributed by atoms with E-state index >= 15 is 0 Å². The molecule has 0 heterocycles. The Balaban J connectivity index is 1.71. The van der Waals surface area contributed by atoms with Gasteiger partial charge in [-0.15, -0.1) is 0 Å². The first-order valence-electron chi connectivity index (χ1n) is 13.0. The Kier molecular flexibility index (Phi) is 6.24. The van der Waals surface area contributed by atoms with E-state index in [9.17, 15) is 35.4 Å². The van der Waals surface area contributed by atoms with Gasteiger partial charge in [-0.1, -0.05) is 27.7 Å². The number of aliphatic hydroxyl groups excluding tert-OH is 3. The summed E-state index contributed by atoms with van der Waals surface area (Å²) in [5.41, 5.74) is -5.73. The standard InChI is InChI=1S/C27H44O7/c1-15(2)6-7-21(30)25(5,32)20-9-11-26(33)17-12-22(31)27(34)14-19(29)18(28)13-24(27,4)16(17)8-10-23(20,26)3/h12,15-16,18-21,28-30,32-34H,6-11,13-14H2,1-5H3/t16-,18+,19-,20+,21-,23-,24-,25-,26-,27-/m1/s1. The van der Waals surface area contributed by atoms with Gasteiger partial charge in [0.05, 0.1) is 29.5 Å². The number of rotatable bonds is 5. The maximum absolute atomic E-state index is 13.3. The highest BCUT2D eigenvalue weighted by Gasteiger charge is 2.71. The number of fused-ring (bicyclic) bond motifs is 5. The van der Waals surface area contributed by atoms with Crippen molar-refractivity contribution in [3.63, 3.8) is 0 Å². The molecule has 4 aliphatic carbocycles. The molecule has 0 aromatic rings. The molecule has 0 unspecified atom stereocenters. The average molecular weight is 481 g/mol. The average Bonchev–Trinajstić information content (AvgIpc) is 3.02. The SMILES string of the molecule is CC(C)CC[C@@H](O)[C@](C)(O)[C@H]1CC[C@@]2(O)C3=CC(=O)[C@]4(O)C[C@@H](O)[C@@H](O)C[C@]4(C)[C@@H]3CC[C@]12C. The Morgan fingerprint density at radius 1 is 1.00 bits per heavy atom. The fourth-order valence-corrected chi connectivity index (χ4v) is 8.31. The second-order valence-electron chi connectivity index (χ2n) is 13.0. The first-order valence-corrected chi connectivity index (χ1v) is 13.0. The van der Waals surface area contributed by atoms with Crippen LogP contribution in [-0.2, 0) is 4.79 Å². The summed E-state index contributed by atoms with van der Waals surface area (Å²) in [5, 5.41) is 66.9. The number of ketones is 1. The summed E-state index contributed by atoms with van der Waals surface area (Å²) in [6, 6.07) is 0. The van der Waals surface area contributed by atoms with Crippen LogP contribution >= 0.6 is 0 Å². The van der Waals surface area contributed by atoms with E-state index in [0.29, 0.717) is 43.6 Å². The van der Waals surface area contributed by atoms with Crippen molar-refractivity contribution < 1.29 is 35.4 Å². The minimum Gasteiger partial charge on any atom is -0.390 e. The van der Waals surface area contributed by atoms with Crippen molar-refractivity contribution in [2.24, 2.45) is 28.6 Å². The molecule has 3 saturated carbocycles. The molecule has 0 bridgehead atoms. The summed E-state index contributed by atoms with van der Waals surface area (Å²) in [5.74, 6) is -0.821. The van der Waals surface area contributed by atoms with E-state index in [1.165, 1.54) is 6.08 Å². The smallest absolute Gasteiger partial charge is 0.187 e. The Hall–Kier alpha value is -0.830. The summed E-state index contributed by atoms with van der Waals surface area (Å²) in [4.78, 5) is 13.3. The summed E-state index contributed by atoms with van der Waals surface area (Å²) >= 11 is 0. The molecular formula is C27H44O7. The van der Waals surface area contributed by atoms with Crippen molar-refractivity contribution in [1.82, 2.24) is 0 Å². The van der Waals surface area contributed by atoms with Gasteiger partial charge in [-0.2, -0.15) is 0 Å². The molecule has 0 aromatic heterocycles. The Labute approximate surface area is 202 Å². The summed E-state index contributed by atoms with van der Waals surface area (Å²) in [6.45, 7) is 9.58. The van der Waals surface area contributed by atoms with Gasteiger partial charge in [0.25, 0.3) is 0 Å². The van der Waals surface area contributed by atoms with E-state index in [0.717, 1.165) is 6.42 Å². The molecule has 0 aromatic carbocycles. The fraction of sp³-hybridized carbons (Fsp3) is 0.889. The molecular weight excluding hydrogens is 436 g/mol. The Bertz CT molecular complexity index is 867. The number of hydrogen-bond donors (Lipinski definition) is 6. The van der Waals surface area contributed by atoms with Crippen LogP contribution in [-0.4, -0.2) is 71.5 Å². The largest absolute Gasteiger partial charge is 0.390 e. The minimum atomic E-state index is -1.79. The molecule has 194 valence electrons. The lowest BCUT2D eigenvalue weighted by molar-refractivity contribution is -0.211. The molecule has 0 radical (unpaired) electrons. The van der Waals surface area contributed by atoms with Crippen molar-refractivity contribution in [1.29, 1.82) is 0 Å². The molecule has 34 heavy (non-hydrogen) atoms. The zero-order valence-corrected chi connectivity index (χ0v) is 21.3. The molecule has 7 nitrogen and oxygen atoms in total. The molecule has 0 amide bonds. The van der Waals surface area contributed by atoms with E-state index < -0.39 is 51.7 Å². The van der Waals surface area contributed by atoms with Crippen LogP contribution in [0.3, 0.4) is 0 Å². The monoisotopic (exact) mass is 480 g/mol. The van der Waals surface area contributed by atoms with Crippen LogP contribution in [0, 0.1) is 28.6 Å². The molecule has 0 aliphatic heterocycles. The molecule has 4 aliphatic rings. The number of aliphatic hydroxyl groups is 6. The van der Waals surface area contributed by atoms with Crippen LogP contribution in [0.5, 0.6) is 0 Å². The van der Waals surface area contributed by atoms with Gasteiger partial charge < -0.3 is 30.6 Å². The third-order valence-corrected chi connectivity index (χ3v) is 10.7. The molecule has 0 spiro atoms. The predicted molar refractivity (Wildman–Crippen MR) is 127 cm³/mol. The van der Waals surface area contributed by atoms with Crippen LogP contribution in [0.4, 0.5) is 0 Å². The van der Waals surface area contributed by atoms with Crippen molar-refractivity contribution in [3.05, 3.63) is 11.6 Å². The summed E-state index contributed by atoms with van der Waals surface area (Å²) < 4.78 is 0. The van der Waals surface area contributed by atoms with Gasteiger partial charge in [0.2, 0.25) is 0 Å². The zero-order valence-electron chi connectivity index (χ0n) is 21.3. The third-order valence-electron chi connectivity index (χ3n) is 10.7. The van der Waals surface area contributed by atoms with Crippen LogP contribution in [0.1, 0.15) is 86.0 Å². The van der Waals surface area contributed by atoms with Crippen LogP contribution in [0.15, 0.2) is 11.6 Å². The van der Waals surface area contributed by atoms with Crippen LogP contribution in [0.2, 0.25) is 0 Å². The fourth-order valence-electron chi connectivity index (χ4n) is 8.31. The minimum absolute atomic E-state index is 0.0697. The topological polar surface area (TPSA) is 138 Å². The summed E-state index contributed by atoms with van der Waals surface area (Å²) in [6.07, 6.45) is 1.37. The van der Waals surface area contributed by atoms with Gasteiger partial charge in [0.1, 0.15) is 5.60 Å². The maximum Gasteiger partial charge on any atom is 0.187 e. The van der Waals surface area contributed by atoms with Gasteiger partial charge in [-0.05, 0) is 81.3 Å². The molecule has 3 fully saturated rings. The maximum atomic E-state index is 13.3. The summed E-state index contributed by atoms with van der Waals surface area (Å²) in [7, 11) is 0. The van der Waals surface area contributed by atoms with Gasteiger partial charge in [-0.25, -0.2) is 0 Å². The van der Waals surface area contributed by atoms with Crippen molar-refractivity contribution in [2.75, 3.05) is 0 Å². The highest BCUT2D eigenvalue weighted by molar-refractivity contribution is 6.00. The van der Waals surface area contributed by atoms with Crippen LogP contribution < -0.4 is 0 Å². The highest BCUT2D eigenvalue weighted by Crippen LogP contribution is 2.69. The van der Waals surface area contributed by atoms with E-state index in [-0.39, 0.29) is 24.7 Å². The Morgan fingerprint density at radius 2 is 1.62 bits per heavy atom.